The van der Waals surface area contributed by atoms with Gasteiger partial charge < -0.3 is 4.90 Å². The summed E-state index contributed by atoms with van der Waals surface area (Å²) >= 11 is 3.46. The first-order chi connectivity index (χ1) is 7.81. The minimum absolute atomic E-state index is 0.0132. The lowest BCUT2D eigenvalue weighted by Crippen LogP contribution is -2.45. The Bertz CT molecular complexity index is 363. The third kappa shape index (κ3) is 5.09. The largest absolute Gasteiger partial charge is 0.341 e. The fourth-order valence-corrected chi connectivity index (χ4v) is 5.37. The Morgan fingerprint density at radius 3 is 2.59 bits per heavy atom. The predicted molar refractivity (Wildman–Crippen MR) is 75.5 cm³/mol. The van der Waals surface area contributed by atoms with E-state index in [-0.39, 0.29) is 23.0 Å². The molecule has 0 saturated carbocycles. The Balaban J connectivity index is 2.55. The van der Waals surface area contributed by atoms with Crippen molar-refractivity contribution < 1.29 is 13.2 Å². The van der Waals surface area contributed by atoms with Crippen molar-refractivity contribution in [3.63, 3.8) is 0 Å². The van der Waals surface area contributed by atoms with E-state index >= 15 is 0 Å². The standard InChI is InChI=1S/C10H19NO3S3/c1-8(7-17(3,13)14)11(2)10(12)9-6-15-4-5-16-9/h8-9H,4-7H2,1-3H3/t8-,9-/m1/s1. The summed E-state index contributed by atoms with van der Waals surface area (Å²) < 4.78 is 22.4. The van der Waals surface area contributed by atoms with Crippen molar-refractivity contribution in [1.82, 2.24) is 4.90 Å². The molecule has 2 atom stereocenters. The van der Waals surface area contributed by atoms with E-state index in [0.717, 1.165) is 17.3 Å². The number of rotatable bonds is 4. The SMILES string of the molecule is C[C@H](CS(C)(=O)=O)N(C)C(=O)[C@H]1CSCCS1. The summed E-state index contributed by atoms with van der Waals surface area (Å²) in [5, 5.41) is -0.0132. The van der Waals surface area contributed by atoms with E-state index in [2.05, 4.69) is 0 Å². The van der Waals surface area contributed by atoms with Crippen molar-refractivity contribution in [2.45, 2.75) is 18.2 Å². The van der Waals surface area contributed by atoms with Gasteiger partial charge in [0.2, 0.25) is 5.91 Å². The maximum atomic E-state index is 12.1. The van der Waals surface area contributed by atoms with Crippen molar-refractivity contribution >= 4 is 39.3 Å². The third-order valence-electron chi connectivity index (χ3n) is 2.64. The van der Waals surface area contributed by atoms with Crippen LogP contribution < -0.4 is 0 Å². The molecule has 17 heavy (non-hydrogen) atoms. The summed E-state index contributed by atoms with van der Waals surface area (Å²) in [5.74, 6) is 3.00. The number of carbonyl (C=O) groups is 1. The molecule has 4 nitrogen and oxygen atoms in total. The average Bonchev–Trinajstić information content (AvgIpc) is 2.26. The zero-order chi connectivity index (χ0) is 13.1. The van der Waals surface area contributed by atoms with Gasteiger partial charge in [0.05, 0.1) is 11.0 Å². The third-order valence-corrected chi connectivity index (χ3v) is 6.47. The number of amides is 1. The Hall–Kier alpha value is 0.120. The molecule has 0 unspecified atom stereocenters. The smallest absolute Gasteiger partial charge is 0.236 e. The van der Waals surface area contributed by atoms with Crippen LogP contribution in [-0.2, 0) is 14.6 Å². The molecule has 1 heterocycles. The molecule has 0 radical (unpaired) electrons. The molecular formula is C10H19NO3S3. The lowest BCUT2D eigenvalue weighted by Gasteiger charge is -2.29. The summed E-state index contributed by atoms with van der Waals surface area (Å²) in [6, 6.07) is -0.259. The van der Waals surface area contributed by atoms with Crippen LogP contribution in [0.2, 0.25) is 0 Å². The highest BCUT2D eigenvalue weighted by Crippen LogP contribution is 2.25. The van der Waals surface area contributed by atoms with Crippen LogP contribution in [0.5, 0.6) is 0 Å². The number of carbonyl (C=O) groups excluding carboxylic acids is 1. The highest BCUT2D eigenvalue weighted by Gasteiger charge is 2.28. The normalized spacial score (nSPS) is 23.1. The zero-order valence-corrected chi connectivity index (χ0v) is 12.8. The average molecular weight is 297 g/mol. The molecule has 1 saturated heterocycles. The number of nitrogens with zero attached hydrogens (tertiary/aromatic N) is 1. The van der Waals surface area contributed by atoms with Gasteiger partial charge in [0.25, 0.3) is 0 Å². The molecule has 0 aliphatic carbocycles. The van der Waals surface area contributed by atoms with Gasteiger partial charge in [-0.05, 0) is 6.92 Å². The highest BCUT2D eigenvalue weighted by molar-refractivity contribution is 8.07. The number of hydrogen-bond donors (Lipinski definition) is 0. The van der Waals surface area contributed by atoms with Crippen LogP contribution in [0.3, 0.4) is 0 Å². The van der Waals surface area contributed by atoms with Crippen LogP contribution in [0.15, 0.2) is 0 Å². The lowest BCUT2D eigenvalue weighted by molar-refractivity contribution is -0.130. The Morgan fingerprint density at radius 2 is 2.12 bits per heavy atom. The molecule has 0 bridgehead atoms. The van der Waals surface area contributed by atoms with Gasteiger partial charge in [-0.1, -0.05) is 0 Å². The van der Waals surface area contributed by atoms with Gasteiger partial charge in [0, 0.05) is 36.6 Å². The molecule has 100 valence electrons. The van der Waals surface area contributed by atoms with Crippen molar-refractivity contribution in [3.05, 3.63) is 0 Å². The van der Waals surface area contributed by atoms with Crippen LogP contribution >= 0.6 is 23.5 Å². The fraction of sp³-hybridized carbons (Fsp3) is 0.900. The van der Waals surface area contributed by atoms with E-state index in [1.165, 1.54) is 6.26 Å². The number of thioether (sulfide) groups is 2. The van der Waals surface area contributed by atoms with Crippen LogP contribution in [0.4, 0.5) is 0 Å². The molecule has 1 aliphatic rings. The van der Waals surface area contributed by atoms with Gasteiger partial charge in [-0.15, -0.1) is 11.8 Å². The molecule has 0 N–H and O–H groups in total. The lowest BCUT2D eigenvalue weighted by atomic mass is 10.3. The second-order valence-electron chi connectivity index (χ2n) is 4.32. The van der Waals surface area contributed by atoms with E-state index < -0.39 is 9.84 Å². The minimum Gasteiger partial charge on any atom is -0.341 e. The summed E-state index contributed by atoms with van der Waals surface area (Å²) in [6.07, 6.45) is 1.20. The Labute approximate surface area is 112 Å². The second kappa shape index (κ2) is 6.33. The molecule has 0 aromatic heterocycles. The highest BCUT2D eigenvalue weighted by atomic mass is 32.2. The van der Waals surface area contributed by atoms with Crippen LogP contribution in [-0.4, -0.2) is 66.8 Å². The Morgan fingerprint density at radius 1 is 1.47 bits per heavy atom. The van der Waals surface area contributed by atoms with Crippen LogP contribution in [0.1, 0.15) is 6.92 Å². The van der Waals surface area contributed by atoms with Gasteiger partial charge >= 0.3 is 0 Å². The summed E-state index contributed by atoms with van der Waals surface area (Å²) in [4.78, 5) is 13.7. The van der Waals surface area contributed by atoms with Crippen LogP contribution in [0, 0.1) is 0 Å². The van der Waals surface area contributed by atoms with E-state index in [4.69, 9.17) is 0 Å². The van der Waals surface area contributed by atoms with Crippen molar-refractivity contribution in [2.75, 3.05) is 36.3 Å². The molecular weight excluding hydrogens is 278 g/mol. The molecule has 1 fully saturated rings. The van der Waals surface area contributed by atoms with Gasteiger partial charge in [-0.3, -0.25) is 4.79 Å². The van der Waals surface area contributed by atoms with E-state index in [1.807, 2.05) is 0 Å². The van der Waals surface area contributed by atoms with Gasteiger partial charge in [0.1, 0.15) is 9.84 Å². The molecule has 0 aromatic carbocycles. The topological polar surface area (TPSA) is 54.5 Å². The van der Waals surface area contributed by atoms with Gasteiger partial charge in [-0.25, -0.2) is 8.42 Å². The molecule has 0 aromatic rings. The predicted octanol–water partition coefficient (Wildman–Crippen LogP) is 0.727. The molecule has 0 spiro atoms. The Kier molecular flexibility index (Phi) is 5.66. The number of sulfone groups is 1. The molecule has 1 rings (SSSR count). The quantitative estimate of drug-likeness (QED) is 0.765. The van der Waals surface area contributed by atoms with E-state index in [9.17, 15) is 13.2 Å². The first kappa shape index (κ1) is 15.2. The molecule has 1 aliphatic heterocycles. The van der Waals surface area contributed by atoms with E-state index in [1.54, 1.807) is 42.4 Å². The second-order valence-corrected chi connectivity index (χ2v) is 8.97. The van der Waals surface area contributed by atoms with Crippen molar-refractivity contribution in [1.29, 1.82) is 0 Å². The summed E-state index contributed by atoms with van der Waals surface area (Å²) in [7, 11) is -1.35. The van der Waals surface area contributed by atoms with Gasteiger partial charge in [-0.2, -0.15) is 11.8 Å². The van der Waals surface area contributed by atoms with Gasteiger partial charge in [0.15, 0.2) is 0 Å². The monoisotopic (exact) mass is 297 g/mol. The maximum Gasteiger partial charge on any atom is 0.236 e. The minimum atomic E-state index is -3.04. The zero-order valence-electron chi connectivity index (χ0n) is 10.4. The van der Waals surface area contributed by atoms with Crippen molar-refractivity contribution in [2.24, 2.45) is 0 Å². The fourth-order valence-electron chi connectivity index (χ4n) is 1.62. The summed E-state index contributed by atoms with van der Waals surface area (Å²) in [5.41, 5.74) is 0. The number of hydrogen-bond acceptors (Lipinski definition) is 5. The first-order valence-corrected chi connectivity index (χ1v) is 9.71. The van der Waals surface area contributed by atoms with Crippen LogP contribution in [0.25, 0.3) is 0 Å². The van der Waals surface area contributed by atoms with Crippen molar-refractivity contribution in [3.8, 4) is 0 Å². The molecule has 7 heteroatoms. The molecule has 1 amide bonds. The summed E-state index contributed by atoms with van der Waals surface area (Å²) in [6.45, 7) is 1.78. The van der Waals surface area contributed by atoms with E-state index in [0.29, 0.717) is 0 Å². The maximum absolute atomic E-state index is 12.1. The first-order valence-electron chi connectivity index (χ1n) is 5.45.